The third-order valence-electron chi connectivity index (χ3n) is 2.71. The summed E-state index contributed by atoms with van der Waals surface area (Å²) in [4.78, 5) is 13.5. The summed E-state index contributed by atoms with van der Waals surface area (Å²) in [5.74, 6) is 0.0371. The number of benzene rings is 1. The van der Waals surface area contributed by atoms with Gasteiger partial charge in [0.05, 0.1) is 18.9 Å². The Labute approximate surface area is 110 Å². The van der Waals surface area contributed by atoms with E-state index in [9.17, 15) is 4.79 Å². The molecule has 0 heterocycles. The maximum absolute atomic E-state index is 11.9. The molecular formula is C13H15BrN2O. The number of hydrogen-bond donors (Lipinski definition) is 0. The van der Waals surface area contributed by atoms with Crippen LogP contribution in [0.5, 0.6) is 0 Å². The zero-order valence-corrected chi connectivity index (χ0v) is 11.6. The lowest BCUT2D eigenvalue weighted by molar-refractivity contribution is -0.130. The highest BCUT2D eigenvalue weighted by Crippen LogP contribution is 2.12. The third-order valence-corrected chi connectivity index (χ3v) is 3.24. The van der Waals surface area contributed by atoms with Crippen molar-refractivity contribution in [3.63, 3.8) is 0 Å². The molecule has 0 fully saturated rings. The Morgan fingerprint density at radius 2 is 2.06 bits per heavy atom. The first-order valence-electron chi connectivity index (χ1n) is 5.41. The van der Waals surface area contributed by atoms with Crippen LogP contribution < -0.4 is 0 Å². The van der Waals surface area contributed by atoms with Crippen molar-refractivity contribution in [2.75, 3.05) is 7.05 Å². The SMILES string of the molecule is CC(CC#N)N(C)C(=O)Cc1ccc(Br)cc1. The number of carbonyl (C=O) groups is 1. The van der Waals surface area contributed by atoms with Gasteiger partial charge in [0.25, 0.3) is 0 Å². The summed E-state index contributed by atoms with van der Waals surface area (Å²) in [5, 5.41) is 8.59. The van der Waals surface area contributed by atoms with Crippen molar-refractivity contribution in [3.05, 3.63) is 34.3 Å². The Balaban J connectivity index is 2.60. The van der Waals surface area contributed by atoms with Gasteiger partial charge in [-0.2, -0.15) is 5.26 Å². The van der Waals surface area contributed by atoms with Crippen LogP contribution in [0.2, 0.25) is 0 Å². The largest absolute Gasteiger partial charge is 0.342 e. The van der Waals surface area contributed by atoms with E-state index in [0.29, 0.717) is 12.8 Å². The number of halogens is 1. The van der Waals surface area contributed by atoms with E-state index in [4.69, 9.17) is 5.26 Å². The molecule has 1 aromatic carbocycles. The molecule has 17 heavy (non-hydrogen) atoms. The molecule has 1 amide bonds. The maximum Gasteiger partial charge on any atom is 0.227 e. The van der Waals surface area contributed by atoms with Crippen LogP contribution in [0.25, 0.3) is 0 Å². The number of hydrogen-bond acceptors (Lipinski definition) is 2. The molecule has 0 aliphatic carbocycles. The van der Waals surface area contributed by atoms with Crippen molar-refractivity contribution >= 4 is 21.8 Å². The molecule has 90 valence electrons. The van der Waals surface area contributed by atoms with Crippen LogP contribution in [-0.4, -0.2) is 23.9 Å². The lowest BCUT2D eigenvalue weighted by atomic mass is 10.1. The van der Waals surface area contributed by atoms with Crippen molar-refractivity contribution in [2.24, 2.45) is 0 Å². The van der Waals surface area contributed by atoms with Crippen LogP contribution in [0.4, 0.5) is 0 Å². The van der Waals surface area contributed by atoms with Crippen molar-refractivity contribution in [2.45, 2.75) is 25.8 Å². The van der Waals surface area contributed by atoms with Crippen molar-refractivity contribution in [1.82, 2.24) is 4.90 Å². The molecule has 0 saturated carbocycles. The van der Waals surface area contributed by atoms with Gasteiger partial charge in [-0.3, -0.25) is 4.79 Å². The summed E-state index contributed by atoms with van der Waals surface area (Å²) < 4.78 is 1.000. The van der Waals surface area contributed by atoms with Crippen LogP contribution in [0.15, 0.2) is 28.7 Å². The van der Waals surface area contributed by atoms with Gasteiger partial charge in [-0.1, -0.05) is 28.1 Å². The Morgan fingerprint density at radius 3 is 2.59 bits per heavy atom. The van der Waals surface area contributed by atoms with Gasteiger partial charge in [0.2, 0.25) is 5.91 Å². The molecule has 4 heteroatoms. The van der Waals surface area contributed by atoms with Crippen molar-refractivity contribution in [3.8, 4) is 6.07 Å². The third kappa shape index (κ3) is 4.20. The molecule has 0 bridgehead atoms. The topological polar surface area (TPSA) is 44.1 Å². The Bertz CT molecular complexity index is 422. The van der Waals surface area contributed by atoms with Gasteiger partial charge in [-0.25, -0.2) is 0 Å². The summed E-state index contributed by atoms with van der Waals surface area (Å²) in [7, 11) is 1.74. The molecular weight excluding hydrogens is 280 g/mol. The van der Waals surface area contributed by atoms with Crippen molar-refractivity contribution in [1.29, 1.82) is 5.26 Å². The van der Waals surface area contributed by atoms with E-state index in [1.165, 1.54) is 0 Å². The van der Waals surface area contributed by atoms with Crippen LogP contribution in [0.1, 0.15) is 18.9 Å². The molecule has 0 aromatic heterocycles. The van der Waals surface area contributed by atoms with Gasteiger partial charge < -0.3 is 4.90 Å². The highest BCUT2D eigenvalue weighted by molar-refractivity contribution is 9.10. The minimum Gasteiger partial charge on any atom is -0.342 e. The summed E-state index contributed by atoms with van der Waals surface area (Å²) in [6.45, 7) is 1.88. The fourth-order valence-electron chi connectivity index (χ4n) is 1.42. The zero-order chi connectivity index (χ0) is 12.8. The average molecular weight is 295 g/mol. The lowest BCUT2D eigenvalue weighted by Crippen LogP contribution is -2.35. The van der Waals surface area contributed by atoms with E-state index >= 15 is 0 Å². The smallest absolute Gasteiger partial charge is 0.227 e. The number of carbonyl (C=O) groups excluding carboxylic acids is 1. The Hall–Kier alpha value is -1.34. The molecule has 1 atom stereocenters. The molecule has 0 saturated heterocycles. The molecule has 0 radical (unpaired) electrons. The van der Waals surface area contributed by atoms with Crippen LogP contribution in [0.3, 0.4) is 0 Å². The van der Waals surface area contributed by atoms with E-state index in [1.807, 2.05) is 31.2 Å². The van der Waals surface area contributed by atoms with Gasteiger partial charge >= 0.3 is 0 Å². The monoisotopic (exact) mass is 294 g/mol. The van der Waals surface area contributed by atoms with E-state index in [-0.39, 0.29) is 11.9 Å². The highest BCUT2D eigenvalue weighted by Gasteiger charge is 2.15. The normalized spacial score (nSPS) is 11.6. The number of nitrogens with zero attached hydrogens (tertiary/aromatic N) is 2. The van der Waals surface area contributed by atoms with Gasteiger partial charge in [0, 0.05) is 17.6 Å². The van der Waals surface area contributed by atoms with Gasteiger partial charge in [0.15, 0.2) is 0 Å². The predicted octanol–water partition coefficient (Wildman–Crippen LogP) is 2.75. The fourth-order valence-corrected chi connectivity index (χ4v) is 1.68. The molecule has 0 spiro atoms. The average Bonchev–Trinajstić information content (AvgIpc) is 2.31. The van der Waals surface area contributed by atoms with Gasteiger partial charge in [0.1, 0.15) is 0 Å². The van der Waals surface area contributed by atoms with Crippen LogP contribution in [-0.2, 0) is 11.2 Å². The second-order valence-corrected chi connectivity index (χ2v) is 4.93. The standard InChI is InChI=1S/C13H15BrN2O/c1-10(7-8-15)16(2)13(17)9-11-3-5-12(14)6-4-11/h3-6,10H,7,9H2,1-2H3. The minimum absolute atomic E-state index is 0.0371. The summed E-state index contributed by atoms with van der Waals surface area (Å²) in [6, 6.07) is 9.71. The van der Waals surface area contributed by atoms with Crippen molar-refractivity contribution < 1.29 is 4.79 Å². The molecule has 0 aliphatic heterocycles. The van der Waals surface area contributed by atoms with Gasteiger partial charge in [-0.15, -0.1) is 0 Å². The Morgan fingerprint density at radius 1 is 1.47 bits per heavy atom. The highest BCUT2D eigenvalue weighted by atomic mass is 79.9. The van der Waals surface area contributed by atoms with E-state index in [0.717, 1.165) is 10.0 Å². The minimum atomic E-state index is -0.0389. The number of nitriles is 1. The molecule has 3 nitrogen and oxygen atoms in total. The molecule has 1 aromatic rings. The lowest BCUT2D eigenvalue weighted by Gasteiger charge is -2.22. The first-order chi connectivity index (χ1) is 8.04. The quantitative estimate of drug-likeness (QED) is 0.857. The molecule has 0 aliphatic rings. The van der Waals surface area contributed by atoms with E-state index in [2.05, 4.69) is 22.0 Å². The van der Waals surface area contributed by atoms with Gasteiger partial charge in [-0.05, 0) is 24.6 Å². The fraction of sp³-hybridized carbons (Fsp3) is 0.385. The zero-order valence-electron chi connectivity index (χ0n) is 9.98. The second-order valence-electron chi connectivity index (χ2n) is 4.02. The Kier molecular flexibility index (Phi) is 5.17. The summed E-state index contributed by atoms with van der Waals surface area (Å²) in [6.07, 6.45) is 0.738. The number of rotatable bonds is 4. The molecule has 1 unspecified atom stereocenters. The number of amides is 1. The first kappa shape index (κ1) is 13.7. The summed E-state index contributed by atoms with van der Waals surface area (Å²) >= 11 is 3.35. The first-order valence-corrected chi connectivity index (χ1v) is 6.21. The second kappa shape index (κ2) is 6.41. The van der Waals surface area contributed by atoms with Crippen LogP contribution >= 0.6 is 15.9 Å². The van der Waals surface area contributed by atoms with E-state index in [1.54, 1.807) is 11.9 Å². The van der Waals surface area contributed by atoms with Crippen LogP contribution in [0, 0.1) is 11.3 Å². The maximum atomic E-state index is 11.9. The molecule has 1 rings (SSSR count). The molecule has 0 N–H and O–H groups in total. The summed E-state index contributed by atoms with van der Waals surface area (Å²) in [5.41, 5.74) is 0.981. The predicted molar refractivity (Wildman–Crippen MR) is 70.3 cm³/mol. The number of likely N-dealkylation sites (N-methyl/N-ethyl adjacent to an activating group) is 1. The van der Waals surface area contributed by atoms with E-state index < -0.39 is 0 Å².